The molecule has 3 heterocycles. The number of fused-ring (bicyclic) bond motifs is 2. The van der Waals surface area contributed by atoms with Crippen molar-refractivity contribution >= 4 is 9.84 Å². The molecule has 2 aliphatic rings. The predicted octanol–water partition coefficient (Wildman–Crippen LogP) is 2.03. The van der Waals surface area contributed by atoms with Crippen molar-refractivity contribution in [3.05, 3.63) is 29.6 Å². The van der Waals surface area contributed by atoms with E-state index in [0.29, 0.717) is 12.8 Å². The van der Waals surface area contributed by atoms with Gasteiger partial charge >= 0.3 is 6.18 Å². The number of hydrogen-bond acceptors (Lipinski definition) is 4. The standard InChI is InChI=1S/C13H14F3NO3S/c14-13(15,16)11-10(2-1-5-17-11)12(18)6-8-3-4-9(7-12)21(8,19)20/h1-2,5,8-9,18H,3-4,6-7H2. The highest BCUT2D eigenvalue weighted by Gasteiger charge is 2.55. The van der Waals surface area contributed by atoms with Crippen molar-refractivity contribution in [1.82, 2.24) is 4.98 Å². The van der Waals surface area contributed by atoms with E-state index in [1.165, 1.54) is 12.1 Å². The first-order valence-electron chi connectivity index (χ1n) is 6.62. The van der Waals surface area contributed by atoms with Crippen LogP contribution in [-0.2, 0) is 21.6 Å². The maximum atomic E-state index is 13.0. The van der Waals surface area contributed by atoms with Gasteiger partial charge in [0.25, 0.3) is 0 Å². The molecule has 2 atom stereocenters. The van der Waals surface area contributed by atoms with Gasteiger partial charge < -0.3 is 5.11 Å². The van der Waals surface area contributed by atoms with Crippen LogP contribution in [0.4, 0.5) is 13.2 Å². The van der Waals surface area contributed by atoms with E-state index in [9.17, 15) is 26.7 Å². The van der Waals surface area contributed by atoms with Crippen molar-refractivity contribution in [2.75, 3.05) is 0 Å². The maximum Gasteiger partial charge on any atom is 0.433 e. The normalized spacial score (nSPS) is 34.9. The summed E-state index contributed by atoms with van der Waals surface area (Å²) in [5, 5.41) is 9.17. The van der Waals surface area contributed by atoms with Gasteiger partial charge in [-0.3, -0.25) is 4.98 Å². The van der Waals surface area contributed by atoms with E-state index in [-0.39, 0.29) is 18.4 Å². The van der Waals surface area contributed by atoms with Gasteiger partial charge in [-0.15, -0.1) is 0 Å². The Bertz CT molecular complexity index is 651. The van der Waals surface area contributed by atoms with Crippen LogP contribution in [0.1, 0.15) is 36.9 Å². The summed E-state index contributed by atoms with van der Waals surface area (Å²) >= 11 is 0. The second-order valence-electron chi connectivity index (χ2n) is 5.75. The van der Waals surface area contributed by atoms with Crippen molar-refractivity contribution in [3.8, 4) is 0 Å². The Morgan fingerprint density at radius 3 is 2.33 bits per heavy atom. The summed E-state index contributed by atoms with van der Waals surface area (Å²) in [6, 6.07) is 2.51. The summed E-state index contributed by atoms with van der Waals surface area (Å²) < 4.78 is 63.2. The van der Waals surface area contributed by atoms with Crippen molar-refractivity contribution in [3.63, 3.8) is 0 Å². The molecule has 4 nitrogen and oxygen atoms in total. The second-order valence-corrected chi connectivity index (χ2v) is 8.26. The molecule has 1 aromatic heterocycles. The predicted molar refractivity (Wildman–Crippen MR) is 68.1 cm³/mol. The molecule has 0 spiro atoms. The zero-order chi connectivity index (χ0) is 15.5. The number of rotatable bonds is 1. The molecule has 2 aliphatic heterocycles. The average molecular weight is 321 g/mol. The molecule has 2 bridgehead atoms. The van der Waals surface area contributed by atoms with Crippen LogP contribution < -0.4 is 0 Å². The lowest BCUT2D eigenvalue weighted by Gasteiger charge is -2.37. The maximum absolute atomic E-state index is 13.0. The van der Waals surface area contributed by atoms with Crippen LogP contribution >= 0.6 is 0 Å². The second kappa shape index (κ2) is 4.42. The van der Waals surface area contributed by atoms with Crippen molar-refractivity contribution < 1.29 is 26.7 Å². The van der Waals surface area contributed by atoms with Gasteiger partial charge in [0, 0.05) is 11.8 Å². The first-order valence-corrected chi connectivity index (χ1v) is 8.23. The van der Waals surface area contributed by atoms with Gasteiger partial charge in [0.15, 0.2) is 9.84 Å². The Balaban J connectivity index is 2.07. The van der Waals surface area contributed by atoms with E-state index in [4.69, 9.17) is 0 Å². The Kier molecular flexibility index (Phi) is 3.11. The minimum Gasteiger partial charge on any atom is -0.385 e. The Labute approximate surface area is 119 Å². The van der Waals surface area contributed by atoms with Gasteiger partial charge in [-0.25, -0.2) is 8.42 Å². The number of halogens is 3. The summed E-state index contributed by atoms with van der Waals surface area (Å²) in [6.07, 6.45) is -3.25. The third-order valence-electron chi connectivity index (χ3n) is 4.45. The van der Waals surface area contributed by atoms with Gasteiger partial charge in [-0.2, -0.15) is 13.2 Å². The number of nitrogens with zero attached hydrogens (tertiary/aromatic N) is 1. The van der Waals surface area contributed by atoms with Gasteiger partial charge in [0.05, 0.1) is 16.1 Å². The molecule has 116 valence electrons. The van der Waals surface area contributed by atoms with Crippen LogP contribution in [0.15, 0.2) is 18.3 Å². The highest BCUT2D eigenvalue weighted by Crippen LogP contribution is 2.49. The highest BCUT2D eigenvalue weighted by molar-refractivity contribution is 7.93. The molecule has 0 saturated carbocycles. The minimum atomic E-state index is -4.68. The molecule has 21 heavy (non-hydrogen) atoms. The minimum absolute atomic E-state index is 0.194. The van der Waals surface area contributed by atoms with E-state index < -0.39 is 37.8 Å². The Morgan fingerprint density at radius 1 is 1.24 bits per heavy atom. The number of aliphatic hydroxyl groups is 1. The molecule has 1 N–H and O–H groups in total. The number of pyridine rings is 1. The fourth-order valence-electron chi connectivity index (χ4n) is 3.47. The van der Waals surface area contributed by atoms with Gasteiger partial charge in [0.1, 0.15) is 5.69 Å². The highest BCUT2D eigenvalue weighted by atomic mass is 32.2. The van der Waals surface area contributed by atoms with E-state index in [1.807, 2.05) is 0 Å². The fraction of sp³-hybridized carbons (Fsp3) is 0.615. The molecule has 0 aromatic carbocycles. The lowest BCUT2D eigenvalue weighted by Crippen LogP contribution is -2.44. The van der Waals surface area contributed by atoms with E-state index >= 15 is 0 Å². The summed E-state index contributed by atoms with van der Waals surface area (Å²) in [6.45, 7) is 0. The summed E-state index contributed by atoms with van der Waals surface area (Å²) in [5.74, 6) is 0. The summed E-state index contributed by atoms with van der Waals surface area (Å²) in [4.78, 5) is 3.34. The van der Waals surface area contributed by atoms with Crippen LogP contribution in [0, 0.1) is 0 Å². The van der Waals surface area contributed by atoms with Crippen molar-refractivity contribution in [1.29, 1.82) is 0 Å². The zero-order valence-corrected chi connectivity index (χ0v) is 11.8. The lowest BCUT2D eigenvalue weighted by atomic mass is 9.84. The first kappa shape index (κ1) is 14.8. The smallest absolute Gasteiger partial charge is 0.385 e. The van der Waals surface area contributed by atoms with Crippen molar-refractivity contribution in [2.24, 2.45) is 0 Å². The summed E-state index contributed by atoms with van der Waals surface area (Å²) in [7, 11) is -3.32. The van der Waals surface area contributed by atoms with E-state index in [2.05, 4.69) is 4.98 Å². The third kappa shape index (κ3) is 2.24. The van der Waals surface area contributed by atoms with Crippen LogP contribution in [0.5, 0.6) is 0 Å². The van der Waals surface area contributed by atoms with Crippen LogP contribution in [-0.4, -0.2) is 29.0 Å². The SMILES string of the molecule is O=S1(=O)C2CCC1CC(O)(c1cccnc1C(F)(F)F)C2. The van der Waals surface area contributed by atoms with E-state index in [0.717, 1.165) is 6.20 Å². The van der Waals surface area contributed by atoms with Gasteiger partial charge in [0.2, 0.25) is 0 Å². The number of sulfone groups is 1. The molecular weight excluding hydrogens is 307 g/mol. The average Bonchev–Trinajstić information content (AvgIpc) is 2.58. The summed E-state index contributed by atoms with van der Waals surface area (Å²) in [5.41, 5.74) is -3.23. The fourth-order valence-corrected chi connectivity index (χ4v) is 5.96. The lowest BCUT2D eigenvalue weighted by molar-refractivity contribution is -0.144. The molecule has 0 aliphatic carbocycles. The third-order valence-corrected chi connectivity index (χ3v) is 7.11. The molecule has 3 rings (SSSR count). The first-order chi connectivity index (χ1) is 9.64. The molecule has 2 fully saturated rings. The number of hydrogen-bond donors (Lipinski definition) is 1. The molecule has 0 radical (unpaired) electrons. The quantitative estimate of drug-likeness (QED) is 0.859. The van der Waals surface area contributed by atoms with Gasteiger partial charge in [-0.1, -0.05) is 6.07 Å². The zero-order valence-electron chi connectivity index (χ0n) is 11.0. The van der Waals surface area contributed by atoms with Crippen molar-refractivity contribution in [2.45, 2.75) is 48.0 Å². The monoisotopic (exact) mass is 321 g/mol. The number of aromatic nitrogens is 1. The molecule has 8 heteroatoms. The van der Waals surface area contributed by atoms with E-state index in [1.54, 1.807) is 0 Å². The molecule has 0 amide bonds. The topological polar surface area (TPSA) is 67.3 Å². The largest absolute Gasteiger partial charge is 0.433 e. The Morgan fingerprint density at radius 2 is 1.81 bits per heavy atom. The molecule has 2 saturated heterocycles. The van der Waals surface area contributed by atoms with Crippen LogP contribution in [0.2, 0.25) is 0 Å². The van der Waals surface area contributed by atoms with Crippen LogP contribution in [0.3, 0.4) is 0 Å². The Hall–Kier alpha value is -1.15. The number of alkyl halides is 3. The molecule has 1 aromatic rings. The molecule has 2 unspecified atom stereocenters. The molecular formula is C13H14F3NO3S. The van der Waals surface area contributed by atoms with Gasteiger partial charge in [-0.05, 0) is 31.7 Å². The van der Waals surface area contributed by atoms with Crippen LogP contribution in [0.25, 0.3) is 0 Å².